The Labute approximate surface area is 95.7 Å². The van der Waals surface area contributed by atoms with Crippen LogP contribution in [0.5, 0.6) is 0 Å². The van der Waals surface area contributed by atoms with E-state index in [0.29, 0.717) is 12.3 Å². The molecule has 0 aliphatic heterocycles. The van der Waals surface area contributed by atoms with Crippen molar-refractivity contribution in [2.24, 2.45) is 5.73 Å². The Bertz CT molecular complexity index is 316. The highest BCUT2D eigenvalue weighted by Gasteiger charge is 2.31. The zero-order valence-electron chi connectivity index (χ0n) is 7.21. The van der Waals surface area contributed by atoms with Crippen LogP contribution in [-0.2, 0) is 12.7 Å². The molecule has 0 bridgehead atoms. The summed E-state index contributed by atoms with van der Waals surface area (Å²) in [5.74, 6) is -1.03. The lowest BCUT2D eigenvalue weighted by atomic mass is 10.2. The highest BCUT2D eigenvalue weighted by atomic mass is 35.5. The Morgan fingerprint density at radius 3 is 2.13 bits per heavy atom. The Balaban J connectivity index is 0. The molecule has 0 saturated carbocycles. The number of rotatable bonds is 1. The number of hydrogen-bond acceptors (Lipinski definition) is 2. The first kappa shape index (κ1) is 16.8. The molecule has 1 rings (SSSR count). The summed E-state index contributed by atoms with van der Waals surface area (Å²) in [5.41, 5.74) is 3.74. The minimum Gasteiger partial charge on any atom is -0.325 e. The fraction of sp³-hybridized carbons (Fsp3) is 0.286. The molecule has 0 spiro atoms. The minimum atomic E-state index is -4.57. The smallest absolute Gasteiger partial charge is 0.325 e. The van der Waals surface area contributed by atoms with E-state index in [-0.39, 0.29) is 37.1 Å². The maximum atomic E-state index is 12.7. The van der Waals surface area contributed by atoms with Crippen molar-refractivity contribution in [2.75, 3.05) is 0 Å². The van der Waals surface area contributed by atoms with Crippen molar-refractivity contribution in [2.45, 2.75) is 12.7 Å². The van der Waals surface area contributed by atoms with Crippen LogP contribution in [0.2, 0.25) is 0 Å². The number of alkyl halides is 3. The molecule has 0 saturated heterocycles. The molecule has 1 aromatic rings. The SMILES string of the molecule is Cl.Cl.NCc1ncc(C(F)(F)F)cc1F. The van der Waals surface area contributed by atoms with Gasteiger partial charge < -0.3 is 5.73 Å². The van der Waals surface area contributed by atoms with E-state index >= 15 is 0 Å². The van der Waals surface area contributed by atoms with E-state index in [0.717, 1.165) is 0 Å². The summed E-state index contributed by atoms with van der Waals surface area (Å²) in [6.07, 6.45) is -4.01. The van der Waals surface area contributed by atoms with Crippen LogP contribution in [-0.4, -0.2) is 4.98 Å². The molecule has 2 nitrogen and oxygen atoms in total. The first-order valence-corrected chi connectivity index (χ1v) is 3.37. The van der Waals surface area contributed by atoms with E-state index in [1.54, 1.807) is 0 Å². The third-order valence-corrected chi connectivity index (χ3v) is 1.44. The summed E-state index contributed by atoms with van der Waals surface area (Å²) in [4.78, 5) is 3.24. The highest BCUT2D eigenvalue weighted by Crippen LogP contribution is 2.29. The lowest BCUT2D eigenvalue weighted by Gasteiger charge is -2.06. The van der Waals surface area contributed by atoms with Gasteiger partial charge in [-0.1, -0.05) is 0 Å². The third-order valence-electron chi connectivity index (χ3n) is 1.44. The van der Waals surface area contributed by atoms with Gasteiger partial charge in [-0.2, -0.15) is 13.2 Å². The summed E-state index contributed by atoms with van der Waals surface area (Å²) in [7, 11) is 0. The first-order valence-electron chi connectivity index (χ1n) is 3.37. The maximum Gasteiger partial charge on any atom is 0.417 e. The van der Waals surface area contributed by atoms with Crippen molar-refractivity contribution >= 4 is 24.8 Å². The molecule has 8 heteroatoms. The number of pyridine rings is 1. The molecule has 0 aliphatic carbocycles. The van der Waals surface area contributed by atoms with Crippen LogP contribution in [0.15, 0.2) is 12.3 Å². The zero-order valence-corrected chi connectivity index (χ0v) is 8.85. The summed E-state index contributed by atoms with van der Waals surface area (Å²) >= 11 is 0. The van der Waals surface area contributed by atoms with Crippen molar-refractivity contribution < 1.29 is 17.6 Å². The summed E-state index contributed by atoms with van der Waals surface area (Å²) < 4.78 is 48.6. The van der Waals surface area contributed by atoms with Gasteiger partial charge in [0, 0.05) is 12.7 Å². The Hall–Kier alpha value is -0.590. The lowest BCUT2D eigenvalue weighted by molar-refractivity contribution is -0.138. The van der Waals surface area contributed by atoms with Crippen LogP contribution in [0, 0.1) is 5.82 Å². The molecule has 0 fully saturated rings. The molecule has 2 N–H and O–H groups in total. The second kappa shape index (κ2) is 6.09. The van der Waals surface area contributed by atoms with Crippen LogP contribution in [0.25, 0.3) is 0 Å². The van der Waals surface area contributed by atoms with Crippen molar-refractivity contribution in [1.29, 1.82) is 0 Å². The second-order valence-corrected chi connectivity index (χ2v) is 2.35. The van der Waals surface area contributed by atoms with Crippen molar-refractivity contribution in [3.05, 3.63) is 29.3 Å². The van der Waals surface area contributed by atoms with Gasteiger partial charge in [0.25, 0.3) is 0 Å². The van der Waals surface area contributed by atoms with E-state index in [9.17, 15) is 17.6 Å². The van der Waals surface area contributed by atoms with Crippen LogP contribution in [0.4, 0.5) is 17.6 Å². The molecular formula is C7H8Cl2F4N2. The molecule has 0 amide bonds. The number of aromatic nitrogens is 1. The first-order chi connectivity index (χ1) is 5.95. The van der Waals surface area contributed by atoms with Gasteiger partial charge in [0.1, 0.15) is 5.82 Å². The second-order valence-electron chi connectivity index (χ2n) is 2.35. The van der Waals surface area contributed by atoms with Crippen molar-refractivity contribution in [3.8, 4) is 0 Å². The summed E-state index contributed by atoms with van der Waals surface area (Å²) in [6, 6.07) is 0.384. The lowest BCUT2D eigenvalue weighted by Crippen LogP contribution is -2.09. The monoisotopic (exact) mass is 266 g/mol. The Kier molecular flexibility index (Phi) is 6.84. The van der Waals surface area contributed by atoms with Gasteiger partial charge in [-0.25, -0.2) is 4.39 Å². The summed E-state index contributed by atoms with van der Waals surface area (Å²) in [6.45, 7) is -0.218. The van der Waals surface area contributed by atoms with E-state index in [2.05, 4.69) is 4.98 Å². The predicted molar refractivity (Wildman–Crippen MR) is 51.6 cm³/mol. The van der Waals surface area contributed by atoms with Gasteiger partial charge in [0.15, 0.2) is 0 Å². The number of nitrogens with zero attached hydrogens (tertiary/aromatic N) is 1. The quantitative estimate of drug-likeness (QED) is 0.794. The fourth-order valence-corrected chi connectivity index (χ4v) is 0.771. The molecule has 0 radical (unpaired) electrons. The maximum absolute atomic E-state index is 12.7. The number of nitrogens with two attached hydrogens (primary N) is 1. The van der Waals surface area contributed by atoms with E-state index < -0.39 is 17.6 Å². The molecule has 88 valence electrons. The topological polar surface area (TPSA) is 38.9 Å². The molecule has 0 atom stereocenters. The number of halogens is 6. The van der Waals surface area contributed by atoms with Gasteiger partial charge in [0.05, 0.1) is 11.3 Å². The normalized spacial score (nSPS) is 10.2. The van der Waals surface area contributed by atoms with Gasteiger partial charge in [-0.3, -0.25) is 4.98 Å². The molecule has 0 aromatic carbocycles. The molecule has 0 unspecified atom stereocenters. The van der Waals surface area contributed by atoms with Gasteiger partial charge in [-0.15, -0.1) is 24.8 Å². The molecular weight excluding hydrogens is 259 g/mol. The molecule has 0 aliphatic rings. The highest BCUT2D eigenvalue weighted by molar-refractivity contribution is 5.85. The Morgan fingerprint density at radius 2 is 1.80 bits per heavy atom. The van der Waals surface area contributed by atoms with E-state index in [1.807, 2.05) is 0 Å². The average molecular weight is 267 g/mol. The predicted octanol–water partition coefficient (Wildman–Crippen LogP) is 2.54. The van der Waals surface area contributed by atoms with Crippen molar-refractivity contribution in [3.63, 3.8) is 0 Å². The van der Waals surface area contributed by atoms with Crippen molar-refractivity contribution in [1.82, 2.24) is 4.98 Å². The van der Waals surface area contributed by atoms with Crippen LogP contribution < -0.4 is 5.73 Å². The van der Waals surface area contributed by atoms with Crippen LogP contribution >= 0.6 is 24.8 Å². The van der Waals surface area contributed by atoms with Crippen LogP contribution in [0.1, 0.15) is 11.3 Å². The average Bonchev–Trinajstić information content (AvgIpc) is 2.02. The standard InChI is InChI=1S/C7H6F4N2.2ClH/c8-5-1-4(7(9,10)11)3-13-6(5)2-12;;/h1,3H,2,12H2;2*1H. The zero-order chi connectivity index (χ0) is 10.1. The summed E-state index contributed by atoms with van der Waals surface area (Å²) in [5, 5.41) is 0. The van der Waals surface area contributed by atoms with E-state index in [1.165, 1.54) is 0 Å². The van der Waals surface area contributed by atoms with Gasteiger partial charge >= 0.3 is 6.18 Å². The number of hydrogen-bond donors (Lipinski definition) is 1. The van der Waals surface area contributed by atoms with Gasteiger partial charge in [0.2, 0.25) is 0 Å². The minimum absolute atomic E-state index is 0. The van der Waals surface area contributed by atoms with Gasteiger partial charge in [-0.05, 0) is 6.07 Å². The molecule has 1 aromatic heterocycles. The third kappa shape index (κ3) is 4.19. The van der Waals surface area contributed by atoms with Crippen LogP contribution in [0.3, 0.4) is 0 Å². The van der Waals surface area contributed by atoms with E-state index in [4.69, 9.17) is 5.73 Å². The Morgan fingerprint density at radius 1 is 1.27 bits per heavy atom. The molecule has 15 heavy (non-hydrogen) atoms. The largest absolute Gasteiger partial charge is 0.417 e. The fourth-order valence-electron chi connectivity index (χ4n) is 0.771. The molecule has 1 heterocycles.